The van der Waals surface area contributed by atoms with Crippen LogP contribution in [0.4, 0.5) is 5.69 Å². The lowest BCUT2D eigenvalue weighted by molar-refractivity contribution is -0.385. The average Bonchev–Trinajstić information content (AvgIpc) is 2.95. The van der Waals surface area contributed by atoms with Crippen molar-refractivity contribution in [3.63, 3.8) is 0 Å². The first-order valence-corrected chi connectivity index (χ1v) is 6.98. The van der Waals surface area contributed by atoms with Crippen LogP contribution < -0.4 is 0 Å². The second kappa shape index (κ2) is 7.62. The number of aliphatic hydroxyl groups excluding tert-OH is 1. The molecule has 0 amide bonds. The molecular formula is C14H19N5O3. The van der Waals surface area contributed by atoms with E-state index in [4.69, 9.17) is 0 Å². The molecule has 2 rings (SSSR count). The van der Waals surface area contributed by atoms with Crippen molar-refractivity contribution in [3.8, 4) is 0 Å². The molecule has 0 radical (unpaired) electrons. The van der Waals surface area contributed by atoms with E-state index in [-0.39, 0.29) is 12.2 Å². The van der Waals surface area contributed by atoms with E-state index in [1.807, 2.05) is 30.1 Å². The van der Waals surface area contributed by atoms with Crippen LogP contribution in [0.25, 0.3) is 0 Å². The SMILES string of the molecule is CN(CCc1ccccn1)CC(O)Cn1cc([N+](=O)[O-])cn1. The number of likely N-dealkylation sites (N-methyl/N-ethyl adjacent to an activating group) is 1. The lowest BCUT2D eigenvalue weighted by Gasteiger charge is -2.20. The van der Waals surface area contributed by atoms with Gasteiger partial charge in [-0.1, -0.05) is 6.07 Å². The largest absolute Gasteiger partial charge is 0.390 e. The summed E-state index contributed by atoms with van der Waals surface area (Å²) in [6.07, 6.45) is 4.41. The Morgan fingerprint density at radius 1 is 1.50 bits per heavy atom. The molecule has 8 heteroatoms. The van der Waals surface area contributed by atoms with Gasteiger partial charge in [-0.2, -0.15) is 5.10 Å². The molecule has 118 valence electrons. The van der Waals surface area contributed by atoms with Gasteiger partial charge in [0.2, 0.25) is 0 Å². The smallest absolute Gasteiger partial charge is 0.306 e. The molecule has 22 heavy (non-hydrogen) atoms. The molecular weight excluding hydrogens is 286 g/mol. The van der Waals surface area contributed by atoms with Gasteiger partial charge in [-0.05, 0) is 19.2 Å². The van der Waals surface area contributed by atoms with Crippen LogP contribution >= 0.6 is 0 Å². The quantitative estimate of drug-likeness (QED) is 0.570. The van der Waals surface area contributed by atoms with Crippen molar-refractivity contribution < 1.29 is 10.0 Å². The molecule has 0 fully saturated rings. The van der Waals surface area contributed by atoms with Gasteiger partial charge in [0.05, 0.1) is 17.6 Å². The fraction of sp³-hybridized carbons (Fsp3) is 0.429. The van der Waals surface area contributed by atoms with E-state index in [1.165, 1.54) is 17.1 Å². The molecule has 1 unspecified atom stereocenters. The normalized spacial score (nSPS) is 12.5. The van der Waals surface area contributed by atoms with Gasteiger partial charge in [0.15, 0.2) is 0 Å². The highest BCUT2D eigenvalue weighted by molar-refractivity contribution is 5.20. The van der Waals surface area contributed by atoms with Gasteiger partial charge in [-0.15, -0.1) is 0 Å². The van der Waals surface area contributed by atoms with Crippen LogP contribution in [0.15, 0.2) is 36.8 Å². The van der Waals surface area contributed by atoms with Gasteiger partial charge in [0, 0.05) is 31.4 Å². The lowest BCUT2D eigenvalue weighted by Crippen LogP contribution is -2.33. The Labute approximate surface area is 128 Å². The second-order valence-electron chi connectivity index (χ2n) is 5.16. The number of hydrogen-bond acceptors (Lipinski definition) is 6. The third-order valence-electron chi connectivity index (χ3n) is 3.23. The highest BCUT2D eigenvalue weighted by Crippen LogP contribution is 2.08. The van der Waals surface area contributed by atoms with Crippen LogP contribution in [0.3, 0.4) is 0 Å². The summed E-state index contributed by atoms with van der Waals surface area (Å²) in [6, 6.07) is 5.79. The minimum atomic E-state index is -0.645. The summed E-state index contributed by atoms with van der Waals surface area (Å²) in [4.78, 5) is 16.3. The van der Waals surface area contributed by atoms with Crippen molar-refractivity contribution in [1.29, 1.82) is 0 Å². The Hall–Kier alpha value is -2.32. The van der Waals surface area contributed by atoms with Crippen molar-refractivity contribution in [2.75, 3.05) is 20.1 Å². The Morgan fingerprint density at radius 2 is 2.32 bits per heavy atom. The molecule has 0 aliphatic carbocycles. The maximum absolute atomic E-state index is 10.6. The van der Waals surface area contributed by atoms with Crippen molar-refractivity contribution in [1.82, 2.24) is 19.7 Å². The zero-order chi connectivity index (χ0) is 15.9. The molecule has 2 aromatic heterocycles. The van der Waals surface area contributed by atoms with Crippen LogP contribution in [-0.2, 0) is 13.0 Å². The first-order valence-electron chi connectivity index (χ1n) is 6.98. The molecule has 0 spiro atoms. The van der Waals surface area contributed by atoms with Gasteiger partial charge >= 0.3 is 5.69 Å². The van der Waals surface area contributed by atoms with Crippen LogP contribution in [0, 0.1) is 10.1 Å². The standard InChI is InChI=1S/C14H19N5O3/c1-17(7-5-12-4-2-3-6-15-12)10-14(20)11-18-9-13(8-16-18)19(21)22/h2-4,6,8-9,14,20H,5,7,10-11H2,1H3. The second-order valence-corrected chi connectivity index (χ2v) is 5.16. The fourth-order valence-electron chi connectivity index (χ4n) is 2.12. The van der Waals surface area contributed by atoms with Gasteiger partial charge in [-0.3, -0.25) is 19.8 Å². The molecule has 1 N–H and O–H groups in total. The van der Waals surface area contributed by atoms with E-state index in [9.17, 15) is 15.2 Å². The molecule has 0 bridgehead atoms. The maximum atomic E-state index is 10.6. The summed E-state index contributed by atoms with van der Waals surface area (Å²) in [6.45, 7) is 1.45. The summed E-state index contributed by atoms with van der Waals surface area (Å²) in [5, 5.41) is 24.5. The number of aromatic nitrogens is 3. The van der Waals surface area contributed by atoms with E-state index in [1.54, 1.807) is 6.20 Å². The first-order chi connectivity index (χ1) is 10.5. The van der Waals surface area contributed by atoms with Gasteiger partial charge in [0.1, 0.15) is 12.4 Å². The number of rotatable bonds is 8. The number of pyridine rings is 1. The van der Waals surface area contributed by atoms with Gasteiger partial charge < -0.3 is 10.0 Å². The average molecular weight is 305 g/mol. The van der Waals surface area contributed by atoms with E-state index in [2.05, 4.69) is 10.1 Å². The predicted molar refractivity (Wildman–Crippen MR) is 80.3 cm³/mol. The first kappa shape index (κ1) is 16.1. The number of nitro groups is 1. The maximum Gasteiger partial charge on any atom is 0.306 e. The zero-order valence-corrected chi connectivity index (χ0v) is 12.4. The van der Waals surface area contributed by atoms with Crippen LogP contribution in [0.1, 0.15) is 5.69 Å². The topological polar surface area (TPSA) is 97.3 Å². The molecule has 2 heterocycles. The molecule has 0 aliphatic heterocycles. The van der Waals surface area contributed by atoms with Crippen LogP contribution in [-0.4, -0.2) is 55.9 Å². The van der Waals surface area contributed by atoms with Gasteiger partial charge in [-0.25, -0.2) is 0 Å². The fourth-order valence-corrected chi connectivity index (χ4v) is 2.12. The van der Waals surface area contributed by atoms with E-state index in [0.717, 1.165) is 18.7 Å². The van der Waals surface area contributed by atoms with E-state index >= 15 is 0 Å². The number of hydrogen-bond donors (Lipinski definition) is 1. The lowest BCUT2D eigenvalue weighted by atomic mass is 10.2. The summed E-state index contributed by atoms with van der Waals surface area (Å²) in [5.41, 5.74) is 0.933. The minimum Gasteiger partial charge on any atom is -0.390 e. The Balaban J connectivity index is 1.75. The highest BCUT2D eigenvalue weighted by Gasteiger charge is 2.13. The molecule has 1 atom stereocenters. The molecule has 0 aliphatic rings. The number of nitrogens with zero attached hydrogens (tertiary/aromatic N) is 5. The van der Waals surface area contributed by atoms with Crippen molar-refractivity contribution >= 4 is 5.69 Å². The van der Waals surface area contributed by atoms with Crippen LogP contribution in [0.2, 0.25) is 0 Å². The molecule has 2 aromatic rings. The predicted octanol–water partition coefficient (Wildman–Crippen LogP) is 0.722. The summed E-state index contributed by atoms with van der Waals surface area (Å²) in [5.74, 6) is 0. The Kier molecular flexibility index (Phi) is 5.56. The van der Waals surface area contributed by atoms with Crippen molar-refractivity contribution in [3.05, 3.63) is 52.6 Å². The summed E-state index contributed by atoms with van der Waals surface area (Å²) >= 11 is 0. The van der Waals surface area contributed by atoms with E-state index < -0.39 is 11.0 Å². The molecule has 8 nitrogen and oxygen atoms in total. The number of aliphatic hydroxyl groups is 1. The van der Waals surface area contributed by atoms with Crippen molar-refractivity contribution in [2.45, 2.75) is 19.1 Å². The molecule has 0 saturated heterocycles. The van der Waals surface area contributed by atoms with Crippen molar-refractivity contribution in [2.24, 2.45) is 0 Å². The third-order valence-corrected chi connectivity index (χ3v) is 3.23. The zero-order valence-electron chi connectivity index (χ0n) is 12.4. The van der Waals surface area contributed by atoms with E-state index in [0.29, 0.717) is 6.54 Å². The Bertz CT molecular complexity index is 602. The monoisotopic (exact) mass is 305 g/mol. The van der Waals surface area contributed by atoms with Gasteiger partial charge in [0.25, 0.3) is 0 Å². The Morgan fingerprint density at radius 3 is 2.95 bits per heavy atom. The molecule has 0 aromatic carbocycles. The minimum absolute atomic E-state index is 0.0734. The summed E-state index contributed by atoms with van der Waals surface area (Å²) < 4.78 is 1.38. The van der Waals surface area contributed by atoms with Crippen LogP contribution in [0.5, 0.6) is 0 Å². The molecule has 0 saturated carbocycles. The summed E-state index contributed by atoms with van der Waals surface area (Å²) in [7, 11) is 1.91. The third kappa shape index (κ3) is 4.90. The highest BCUT2D eigenvalue weighted by atomic mass is 16.6.